The summed E-state index contributed by atoms with van der Waals surface area (Å²) >= 11 is 0. The first-order valence-electron chi connectivity index (χ1n) is 10.3. The number of carbonyl (C=O) groups is 2. The van der Waals surface area contributed by atoms with Crippen LogP contribution in [0.15, 0.2) is 72.8 Å². The van der Waals surface area contributed by atoms with Gasteiger partial charge in [0, 0.05) is 12.1 Å². The molecule has 0 atom stereocenters. The fourth-order valence-corrected chi connectivity index (χ4v) is 3.36. The third-order valence-electron chi connectivity index (χ3n) is 5.01. The zero-order valence-electron chi connectivity index (χ0n) is 17.1. The van der Waals surface area contributed by atoms with Crippen LogP contribution in [0.1, 0.15) is 15.9 Å². The molecular weight excluding hydrogens is 392 g/mol. The summed E-state index contributed by atoms with van der Waals surface area (Å²) in [6.45, 7) is 1.51. The minimum atomic E-state index is -0.276. The van der Waals surface area contributed by atoms with Gasteiger partial charge in [-0.3, -0.25) is 9.59 Å². The molecule has 6 nitrogen and oxygen atoms in total. The number of nitrogens with one attached hydrogen (secondary N) is 2. The number of ether oxygens (including phenoxy) is 2. The van der Waals surface area contributed by atoms with Crippen molar-refractivity contribution < 1.29 is 19.1 Å². The first kappa shape index (κ1) is 20.5. The van der Waals surface area contributed by atoms with Gasteiger partial charge in [0.2, 0.25) is 5.91 Å². The van der Waals surface area contributed by atoms with E-state index >= 15 is 0 Å². The van der Waals surface area contributed by atoms with Gasteiger partial charge in [0.05, 0.1) is 6.54 Å². The molecule has 1 aliphatic heterocycles. The summed E-state index contributed by atoms with van der Waals surface area (Å²) < 4.78 is 11.1. The lowest BCUT2D eigenvalue weighted by atomic mass is 10.0. The Labute approximate surface area is 181 Å². The van der Waals surface area contributed by atoms with Crippen molar-refractivity contribution in [1.29, 1.82) is 0 Å². The van der Waals surface area contributed by atoms with Crippen LogP contribution in [0.2, 0.25) is 0 Å². The highest BCUT2D eigenvalue weighted by molar-refractivity contribution is 5.96. The van der Waals surface area contributed by atoms with Crippen molar-refractivity contribution in [3.63, 3.8) is 0 Å². The van der Waals surface area contributed by atoms with E-state index in [9.17, 15) is 9.59 Å². The van der Waals surface area contributed by atoms with E-state index in [-0.39, 0.29) is 18.4 Å². The van der Waals surface area contributed by atoms with E-state index < -0.39 is 0 Å². The Kier molecular flexibility index (Phi) is 6.47. The zero-order chi connectivity index (χ0) is 21.5. The Bertz CT molecular complexity index is 1050. The van der Waals surface area contributed by atoms with Crippen molar-refractivity contribution in [1.82, 2.24) is 10.6 Å². The molecule has 0 aromatic heterocycles. The lowest BCUT2D eigenvalue weighted by molar-refractivity contribution is -0.120. The second-order valence-corrected chi connectivity index (χ2v) is 7.20. The molecule has 2 N–H and O–H groups in total. The molecule has 3 aromatic carbocycles. The molecule has 4 rings (SSSR count). The number of carbonyl (C=O) groups excluding carboxylic acids is 2. The van der Waals surface area contributed by atoms with Crippen molar-refractivity contribution in [3.8, 4) is 22.6 Å². The smallest absolute Gasteiger partial charge is 0.251 e. The highest BCUT2D eigenvalue weighted by Crippen LogP contribution is 2.30. The first-order chi connectivity index (χ1) is 15.2. The lowest BCUT2D eigenvalue weighted by Gasteiger charge is -2.18. The number of hydrogen-bond acceptors (Lipinski definition) is 4. The highest BCUT2D eigenvalue weighted by Gasteiger charge is 2.12. The van der Waals surface area contributed by atoms with Crippen molar-refractivity contribution in [2.24, 2.45) is 0 Å². The molecule has 0 saturated carbocycles. The molecule has 6 heteroatoms. The molecule has 31 heavy (non-hydrogen) atoms. The van der Waals surface area contributed by atoms with Crippen LogP contribution in [0.5, 0.6) is 11.5 Å². The average molecular weight is 416 g/mol. The van der Waals surface area contributed by atoms with Crippen molar-refractivity contribution in [3.05, 3.63) is 83.9 Å². The molecule has 0 aliphatic carbocycles. The quantitative estimate of drug-likeness (QED) is 0.620. The van der Waals surface area contributed by atoms with Gasteiger partial charge in [0.25, 0.3) is 5.91 Å². The van der Waals surface area contributed by atoms with Crippen LogP contribution in [-0.4, -0.2) is 38.1 Å². The van der Waals surface area contributed by atoms with Gasteiger partial charge in [-0.05, 0) is 47.4 Å². The molecule has 1 aliphatic rings. The van der Waals surface area contributed by atoms with E-state index in [0.717, 1.165) is 28.2 Å². The van der Waals surface area contributed by atoms with Crippen LogP contribution in [0.4, 0.5) is 0 Å². The number of amides is 2. The molecule has 1 heterocycles. The van der Waals surface area contributed by atoms with Gasteiger partial charge in [-0.25, -0.2) is 0 Å². The van der Waals surface area contributed by atoms with Gasteiger partial charge in [-0.2, -0.15) is 0 Å². The van der Waals surface area contributed by atoms with Gasteiger partial charge in [-0.15, -0.1) is 0 Å². The first-order valence-corrected chi connectivity index (χ1v) is 10.3. The maximum absolute atomic E-state index is 12.3. The van der Waals surface area contributed by atoms with Crippen molar-refractivity contribution >= 4 is 11.8 Å². The van der Waals surface area contributed by atoms with E-state index in [1.807, 2.05) is 60.7 Å². The zero-order valence-corrected chi connectivity index (χ0v) is 17.1. The molecule has 0 unspecified atom stereocenters. The fourth-order valence-electron chi connectivity index (χ4n) is 3.36. The van der Waals surface area contributed by atoms with Gasteiger partial charge in [0.15, 0.2) is 11.5 Å². The maximum Gasteiger partial charge on any atom is 0.251 e. The van der Waals surface area contributed by atoms with Gasteiger partial charge >= 0.3 is 0 Å². The van der Waals surface area contributed by atoms with Crippen LogP contribution in [0.3, 0.4) is 0 Å². The molecule has 0 radical (unpaired) electrons. The van der Waals surface area contributed by atoms with Crippen LogP contribution in [0.25, 0.3) is 11.1 Å². The number of fused-ring (bicyclic) bond motifs is 1. The highest BCUT2D eigenvalue weighted by atomic mass is 16.6. The van der Waals surface area contributed by atoms with Gasteiger partial charge in [0.1, 0.15) is 13.2 Å². The summed E-state index contributed by atoms with van der Waals surface area (Å²) in [7, 11) is 0. The number of rotatable bonds is 7. The number of benzene rings is 3. The lowest BCUT2D eigenvalue weighted by Crippen LogP contribution is -2.37. The largest absolute Gasteiger partial charge is 0.486 e. The Morgan fingerprint density at radius 1 is 0.774 bits per heavy atom. The SMILES string of the molecule is O=C(CNC(=O)c1ccc(-c2ccccc2)cc1)NCCc1ccc2c(c1)OCCO2. The summed E-state index contributed by atoms with van der Waals surface area (Å²) in [5, 5.41) is 5.48. The third kappa shape index (κ3) is 5.42. The Morgan fingerprint density at radius 2 is 1.48 bits per heavy atom. The van der Waals surface area contributed by atoms with Crippen LogP contribution >= 0.6 is 0 Å². The van der Waals surface area contributed by atoms with Crippen molar-refractivity contribution in [2.75, 3.05) is 26.3 Å². The summed E-state index contributed by atoms with van der Waals surface area (Å²) in [5.74, 6) is 0.979. The van der Waals surface area contributed by atoms with E-state index in [0.29, 0.717) is 31.7 Å². The van der Waals surface area contributed by atoms with Crippen LogP contribution < -0.4 is 20.1 Å². The van der Waals surface area contributed by atoms with E-state index in [4.69, 9.17) is 9.47 Å². The molecule has 0 saturated heterocycles. The summed E-state index contributed by atoms with van der Waals surface area (Å²) in [4.78, 5) is 24.4. The minimum absolute atomic E-state index is 0.0690. The second-order valence-electron chi connectivity index (χ2n) is 7.20. The van der Waals surface area contributed by atoms with E-state index in [1.165, 1.54) is 0 Å². The molecular formula is C25H24N2O4. The molecule has 0 spiro atoms. The molecule has 2 amide bonds. The van der Waals surface area contributed by atoms with Crippen LogP contribution in [-0.2, 0) is 11.2 Å². The topological polar surface area (TPSA) is 76.7 Å². The predicted octanol–water partition coefficient (Wildman–Crippen LogP) is 3.21. The Morgan fingerprint density at radius 3 is 2.26 bits per heavy atom. The Balaban J connectivity index is 1.21. The molecule has 158 valence electrons. The van der Waals surface area contributed by atoms with Crippen LogP contribution in [0, 0.1) is 0 Å². The molecule has 0 fully saturated rings. The standard InChI is InChI=1S/C25H24N2O4/c28-24(26-13-12-18-6-11-22-23(16-18)31-15-14-30-22)17-27-25(29)21-9-7-20(8-10-21)19-4-2-1-3-5-19/h1-11,16H,12-15,17H2,(H,26,28)(H,27,29). The third-order valence-corrected chi connectivity index (χ3v) is 5.01. The average Bonchev–Trinajstić information content (AvgIpc) is 2.83. The predicted molar refractivity (Wildman–Crippen MR) is 118 cm³/mol. The van der Waals surface area contributed by atoms with Gasteiger partial charge in [-0.1, -0.05) is 48.5 Å². The summed E-state index contributed by atoms with van der Waals surface area (Å²) in [6, 6.07) is 23.0. The van der Waals surface area contributed by atoms with Crippen molar-refractivity contribution in [2.45, 2.75) is 6.42 Å². The minimum Gasteiger partial charge on any atom is -0.486 e. The normalized spacial score (nSPS) is 12.1. The van der Waals surface area contributed by atoms with E-state index in [2.05, 4.69) is 10.6 Å². The number of hydrogen-bond donors (Lipinski definition) is 2. The van der Waals surface area contributed by atoms with E-state index in [1.54, 1.807) is 12.1 Å². The van der Waals surface area contributed by atoms with Gasteiger partial charge < -0.3 is 20.1 Å². The Hall–Kier alpha value is -3.80. The molecule has 3 aromatic rings. The second kappa shape index (κ2) is 9.80. The summed E-state index contributed by atoms with van der Waals surface area (Å²) in [6.07, 6.45) is 0.664. The molecule has 0 bridgehead atoms. The monoisotopic (exact) mass is 416 g/mol. The fraction of sp³-hybridized carbons (Fsp3) is 0.200. The maximum atomic E-state index is 12.3. The summed E-state index contributed by atoms with van der Waals surface area (Å²) in [5.41, 5.74) is 3.69.